The van der Waals surface area contributed by atoms with Gasteiger partial charge >= 0.3 is 12.0 Å². The molecule has 0 bridgehead atoms. The number of aryl methyl sites for hydroxylation is 1. The predicted molar refractivity (Wildman–Crippen MR) is 80.5 cm³/mol. The summed E-state index contributed by atoms with van der Waals surface area (Å²) in [7, 11) is 0. The molecule has 1 aromatic heterocycles. The fraction of sp³-hybridized carbons (Fsp3) is 0.364. The van der Waals surface area contributed by atoms with E-state index in [9.17, 15) is 31.0 Å². The van der Waals surface area contributed by atoms with Crippen LogP contribution in [-0.4, -0.2) is 41.5 Å². The van der Waals surface area contributed by atoms with Gasteiger partial charge < -0.3 is 0 Å². The molecule has 144 valence electrons. The molecule has 1 aromatic carbocycles. The van der Waals surface area contributed by atoms with Gasteiger partial charge in [0.05, 0.1) is 23.9 Å². The molecule has 0 aliphatic rings. The van der Waals surface area contributed by atoms with Crippen molar-refractivity contribution in [3.8, 4) is 5.69 Å². The summed E-state index contributed by atoms with van der Waals surface area (Å²) >= 11 is 1.97. The van der Waals surface area contributed by atoms with Crippen LogP contribution in [0.3, 0.4) is 0 Å². The van der Waals surface area contributed by atoms with Gasteiger partial charge in [-0.25, -0.2) is 13.4 Å². The molecule has 1 heterocycles. The first-order valence-electron chi connectivity index (χ1n) is 6.64. The largest absolute Gasteiger partial charge is 0.498 e. The van der Waals surface area contributed by atoms with Gasteiger partial charge in [0, 0.05) is 0 Å². The molecule has 1 unspecified atom stereocenters. The average Bonchev–Trinajstić information content (AvgIpc) is 2.87. The Hall–Kier alpha value is -2.06. The minimum absolute atomic E-state index is 0.0850. The van der Waals surface area contributed by atoms with Gasteiger partial charge in [-0.15, -0.1) is 13.2 Å². The van der Waals surface area contributed by atoms with Crippen molar-refractivity contribution in [2.45, 2.75) is 19.3 Å². The van der Waals surface area contributed by atoms with Crippen LogP contribution >= 0.6 is 11.6 Å². The van der Waals surface area contributed by atoms with Crippen LogP contribution < -0.4 is 9.99 Å². The quantitative estimate of drug-likeness (QED) is 0.438. The first kappa shape index (κ1) is 20.3. The van der Waals surface area contributed by atoms with E-state index in [2.05, 4.69) is 10.4 Å². The highest BCUT2D eigenvalue weighted by atomic mass is 35.5. The number of hydrogen-bond donors (Lipinski definition) is 1. The number of alkyl halides is 4. The number of hydrogen-bond acceptors (Lipinski definition) is 4. The summed E-state index contributed by atoms with van der Waals surface area (Å²) < 4.78 is 85.2. The molecule has 0 aliphatic heterocycles. The maximum absolute atomic E-state index is 14.1. The molecular formula is C11H9ClF5N5O3S. The van der Waals surface area contributed by atoms with Crippen molar-refractivity contribution in [2.75, 3.05) is 11.0 Å². The Bertz CT molecular complexity index is 886. The molecule has 1 atom stereocenters. The molecule has 0 spiro atoms. The maximum atomic E-state index is 14.1. The number of halogens is 6. The molecule has 0 radical (unpaired) electrons. The fourth-order valence-electron chi connectivity index (χ4n) is 1.93. The van der Waals surface area contributed by atoms with Gasteiger partial charge in [0.15, 0.2) is 5.82 Å². The molecule has 26 heavy (non-hydrogen) atoms. The third-order valence-electron chi connectivity index (χ3n) is 2.99. The number of nitrogens with zero attached hydrogens (tertiary/aromatic N) is 5. The molecule has 1 N–H and O–H groups in total. The molecule has 0 aliphatic carbocycles. The highest BCUT2D eigenvalue weighted by Gasteiger charge is 2.43. The topological polar surface area (TPSA) is 93.3 Å². The van der Waals surface area contributed by atoms with E-state index < -0.39 is 56.5 Å². The third-order valence-corrected chi connectivity index (χ3v) is 4.01. The molecule has 0 fully saturated rings. The zero-order valence-electron chi connectivity index (χ0n) is 12.5. The molecule has 0 saturated carbocycles. The molecule has 0 amide bonds. The maximum Gasteiger partial charge on any atom is 0.498 e. The van der Waals surface area contributed by atoms with Gasteiger partial charge in [-0.05, 0) is 29.0 Å². The molecule has 2 aromatic rings. The summed E-state index contributed by atoms with van der Waals surface area (Å²) in [6.45, 7) is -0.950. The Morgan fingerprint density at radius 3 is 2.50 bits per heavy atom. The molecule has 2 rings (SSSR count). The van der Waals surface area contributed by atoms with Crippen molar-refractivity contribution in [2.24, 2.45) is 0 Å². The first-order chi connectivity index (χ1) is 12.1. The zero-order valence-corrected chi connectivity index (χ0v) is 14.0. The second-order valence-corrected chi connectivity index (χ2v) is 5.92. The monoisotopic (exact) mass is 421 g/mol. The smallest absolute Gasteiger partial charge is 0.289 e. The Morgan fingerprint density at radius 1 is 1.31 bits per heavy atom. The summed E-state index contributed by atoms with van der Waals surface area (Å²) in [4.78, 5) is 12.1. The number of anilines is 1. The second kappa shape index (κ2) is 7.67. The van der Waals surface area contributed by atoms with Gasteiger partial charge in [0.1, 0.15) is 5.69 Å². The summed E-state index contributed by atoms with van der Waals surface area (Å²) in [6.07, 6.45) is -5.42. The van der Waals surface area contributed by atoms with E-state index in [1.807, 2.05) is 0 Å². The third kappa shape index (κ3) is 4.02. The number of tetrazole rings is 1. The Morgan fingerprint density at radius 2 is 1.96 bits per heavy atom. The molecule has 8 nitrogen and oxygen atoms in total. The lowest BCUT2D eigenvalue weighted by Crippen LogP contribution is -2.39. The fourth-order valence-corrected chi connectivity index (χ4v) is 2.71. The number of rotatable bonds is 6. The summed E-state index contributed by atoms with van der Waals surface area (Å²) in [5.41, 5.74) is -2.92. The van der Waals surface area contributed by atoms with Crippen molar-refractivity contribution >= 4 is 28.6 Å². The minimum atomic E-state index is -5.33. The van der Waals surface area contributed by atoms with E-state index in [1.54, 1.807) is 0 Å². The zero-order chi connectivity index (χ0) is 19.6. The van der Waals surface area contributed by atoms with Crippen LogP contribution in [0.15, 0.2) is 16.9 Å². The Labute approximate surface area is 149 Å². The van der Waals surface area contributed by atoms with E-state index in [0.717, 1.165) is 0 Å². The Kier molecular flexibility index (Phi) is 5.98. The van der Waals surface area contributed by atoms with Gasteiger partial charge in [-0.1, -0.05) is 11.6 Å². The van der Waals surface area contributed by atoms with Crippen molar-refractivity contribution in [1.82, 2.24) is 19.8 Å². The predicted octanol–water partition coefficient (Wildman–Crippen LogP) is 2.04. The van der Waals surface area contributed by atoms with Crippen LogP contribution in [0.4, 0.5) is 27.6 Å². The van der Waals surface area contributed by atoms with E-state index in [0.29, 0.717) is 21.5 Å². The summed E-state index contributed by atoms with van der Waals surface area (Å²) in [6, 6.07) is 0.847. The van der Waals surface area contributed by atoms with Crippen LogP contribution in [-0.2, 0) is 17.8 Å². The SMILES string of the molecule is O=c1n(CCCF)nnn1-c1cc(N(S(=O)O)C(F)(F)F)c(Cl)cc1F. The van der Waals surface area contributed by atoms with Crippen molar-refractivity contribution in [3.63, 3.8) is 0 Å². The highest BCUT2D eigenvalue weighted by Crippen LogP contribution is 2.37. The van der Waals surface area contributed by atoms with Crippen molar-refractivity contribution in [1.29, 1.82) is 0 Å². The van der Waals surface area contributed by atoms with E-state index in [1.165, 1.54) is 0 Å². The van der Waals surface area contributed by atoms with E-state index >= 15 is 0 Å². The molecule has 0 saturated heterocycles. The van der Waals surface area contributed by atoms with Crippen LogP contribution in [0.1, 0.15) is 6.42 Å². The lowest BCUT2D eigenvalue weighted by atomic mass is 10.2. The highest BCUT2D eigenvalue weighted by molar-refractivity contribution is 7.80. The van der Waals surface area contributed by atoms with Crippen LogP contribution in [0.5, 0.6) is 0 Å². The number of benzene rings is 1. The molecule has 15 heteroatoms. The van der Waals surface area contributed by atoms with Crippen molar-refractivity contribution in [3.05, 3.63) is 33.5 Å². The lowest BCUT2D eigenvalue weighted by molar-refractivity contribution is -0.115. The van der Waals surface area contributed by atoms with Crippen LogP contribution in [0.2, 0.25) is 5.02 Å². The van der Waals surface area contributed by atoms with Crippen molar-refractivity contribution < 1.29 is 30.7 Å². The first-order valence-corrected chi connectivity index (χ1v) is 8.08. The normalized spacial score (nSPS) is 13.0. The van der Waals surface area contributed by atoms with Crippen LogP contribution in [0.25, 0.3) is 5.69 Å². The number of aromatic nitrogens is 4. The minimum Gasteiger partial charge on any atom is -0.289 e. The van der Waals surface area contributed by atoms with E-state index in [4.69, 9.17) is 16.2 Å². The van der Waals surface area contributed by atoms with Gasteiger partial charge in [-0.3, -0.25) is 8.94 Å². The van der Waals surface area contributed by atoms with Gasteiger partial charge in [0.25, 0.3) is 11.3 Å². The van der Waals surface area contributed by atoms with E-state index in [-0.39, 0.29) is 13.0 Å². The summed E-state index contributed by atoms with van der Waals surface area (Å²) in [5.74, 6) is -1.23. The molecular weight excluding hydrogens is 413 g/mol. The lowest BCUT2D eigenvalue weighted by Gasteiger charge is -2.23. The summed E-state index contributed by atoms with van der Waals surface area (Å²) in [5, 5.41) is 5.84. The van der Waals surface area contributed by atoms with Gasteiger partial charge in [-0.2, -0.15) is 13.7 Å². The standard InChI is InChI=1S/C11H9ClF5N5O3S/c12-6-4-7(14)9(5-8(6)22(26(24)25)11(15,16)17)21-10(23)20(18-19-21)3-1-2-13/h4-5H,1-3H2,(H,24,25). The average molecular weight is 422 g/mol. The second-order valence-electron chi connectivity index (χ2n) is 4.69. The van der Waals surface area contributed by atoms with Crippen LogP contribution in [0, 0.1) is 5.82 Å². The van der Waals surface area contributed by atoms with Gasteiger partial charge in [0.2, 0.25) is 0 Å². The Balaban J connectivity index is 2.61.